The maximum absolute atomic E-state index is 12.5. The highest BCUT2D eigenvalue weighted by Gasteiger charge is 2.22. The number of nitrogens with one attached hydrogen (secondary N) is 4. The molecule has 184 valence electrons. The number of amides is 1. The Hall–Kier alpha value is -3.99. The van der Waals surface area contributed by atoms with Crippen molar-refractivity contribution in [3.05, 3.63) is 46.5 Å². The van der Waals surface area contributed by atoms with Crippen molar-refractivity contribution >= 4 is 23.6 Å². The van der Waals surface area contributed by atoms with Gasteiger partial charge in [0.2, 0.25) is 5.96 Å². The molecule has 0 saturated heterocycles. The lowest BCUT2D eigenvalue weighted by Gasteiger charge is -2.22. The molecule has 8 nitrogen and oxygen atoms in total. The Kier molecular flexibility index (Phi) is 8.37. The molecule has 2 aromatic carbocycles. The van der Waals surface area contributed by atoms with Crippen LogP contribution in [0.2, 0.25) is 0 Å². The molecule has 0 aliphatic heterocycles. The fraction of sp³-hybridized carbons (Fsp3) is 0.370. The van der Waals surface area contributed by atoms with Crippen LogP contribution in [0.3, 0.4) is 0 Å². The van der Waals surface area contributed by atoms with Crippen molar-refractivity contribution in [2.24, 2.45) is 0 Å². The zero-order valence-electron chi connectivity index (χ0n) is 21.0. The van der Waals surface area contributed by atoms with Crippen LogP contribution in [-0.4, -0.2) is 32.1 Å². The molecular weight excluding hydrogens is 442 g/mol. The van der Waals surface area contributed by atoms with Gasteiger partial charge in [-0.3, -0.25) is 20.8 Å². The first kappa shape index (κ1) is 25.6. The van der Waals surface area contributed by atoms with E-state index in [2.05, 4.69) is 40.2 Å². The molecule has 8 heteroatoms. The summed E-state index contributed by atoms with van der Waals surface area (Å²) in [6, 6.07) is 8.92. The summed E-state index contributed by atoms with van der Waals surface area (Å²) in [5.74, 6) is 0.469. The van der Waals surface area contributed by atoms with Gasteiger partial charge in [0, 0.05) is 39.6 Å². The number of nitriles is 1. The van der Waals surface area contributed by atoms with Gasteiger partial charge in [-0.15, -0.1) is 0 Å². The molecule has 1 fully saturated rings. The molecule has 0 spiro atoms. The van der Waals surface area contributed by atoms with Crippen LogP contribution in [0, 0.1) is 30.7 Å². The number of methoxy groups -OCH3 is 2. The molecule has 0 atom stereocenters. The van der Waals surface area contributed by atoms with Crippen LogP contribution in [0.25, 0.3) is 17.2 Å². The van der Waals surface area contributed by atoms with E-state index in [4.69, 9.17) is 20.1 Å². The predicted octanol–water partition coefficient (Wildman–Crippen LogP) is 4.87. The van der Waals surface area contributed by atoms with E-state index < -0.39 is 5.91 Å². The summed E-state index contributed by atoms with van der Waals surface area (Å²) in [6.07, 6.45) is 8.31. The fourth-order valence-corrected chi connectivity index (χ4v) is 4.63. The lowest BCUT2D eigenvalue weighted by molar-refractivity contribution is -0.116. The highest BCUT2D eigenvalue weighted by molar-refractivity contribution is 6.07. The third-order valence-corrected chi connectivity index (χ3v) is 6.38. The molecule has 2 aromatic rings. The highest BCUT2D eigenvalue weighted by Crippen LogP contribution is 2.45. The third-order valence-electron chi connectivity index (χ3n) is 6.38. The lowest BCUT2D eigenvalue weighted by atomic mass is 9.91. The summed E-state index contributed by atoms with van der Waals surface area (Å²) in [7, 11) is 3.24. The molecule has 0 aromatic heterocycles. The maximum atomic E-state index is 12.5. The van der Waals surface area contributed by atoms with Crippen molar-refractivity contribution in [2.45, 2.75) is 52.5 Å². The molecule has 1 saturated carbocycles. The van der Waals surface area contributed by atoms with Crippen LogP contribution in [0.5, 0.6) is 11.5 Å². The maximum Gasteiger partial charge on any atom is 0.253 e. The summed E-state index contributed by atoms with van der Waals surface area (Å²) in [6.45, 7) is 5.54. The average molecular weight is 476 g/mol. The first-order valence-corrected chi connectivity index (χ1v) is 11.7. The summed E-state index contributed by atoms with van der Waals surface area (Å²) in [5, 5.41) is 24.2. The molecular formula is C27H33N5O3. The van der Waals surface area contributed by atoms with E-state index in [1.54, 1.807) is 33.4 Å². The SMILES string of the molecule is COc1c(C)c(-c2ccc(NC3CCCC3)cc2)c(OC)c(C)c1/C=C(\C)C(=O)NC(=N)NC#N. The normalized spacial score (nSPS) is 13.7. The van der Waals surface area contributed by atoms with Crippen LogP contribution in [0.4, 0.5) is 5.69 Å². The van der Waals surface area contributed by atoms with Gasteiger partial charge in [-0.25, -0.2) is 0 Å². The quantitative estimate of drug-likeness (QED) is 0.149. The number of hydrogen-bond acceptors (Lipinski definition) is 6. The second kappa shape index (κ2) is 11.4. The van der Waals surface area contributed by atoms with Crippen molar-refractivity contribution in [2.75, 3.05) is 19.5 Å². The highest BCUT2D eigenvalue weighted by atomic mass is 16.5. The second-order valence-corrected chi connectivity index (χ2v) is 8.70. The van der Waals surface area contributed by atoms with Gasteiger partial charge in [0.05, 0.1) is 14.2 Å². The molecule has 0 heterocycles. The van der Waals surface area contributed by atoms with Gasteiger partial charge in [0.15, 0.2) is 6.19 Å². The van der Waals surface area contributed by atoms with Crippen LogP contribution >= 0.6 is 0 Å². The van der Waals surface area contributed by atoms with E-state index >= 15 is 0 Å². The van der Waals surface area contributed by atoms with Gasteiger partial charge >= 0.3 is 0 Å². The van der Waals surface area contributed by atoms with E-state index in [0.29, 0.717) is 23.1 Å². The number of benzene rings is 2. The summed E-state index contributed by atoms with van der Waals surface area (Å²) >= 11 is 0. The van der Waals surface area contributed by atoms with Gasteiger partial charge in [-0.1, -0.05) is 25.0 Å². The van der Waals surface area contributed by atoms with Gasteiger partial charge < -0.3 is 14.8 Å². The van der Waals surface area contributed by atoms with Crippen molar-refractivity contribution in [1.82, 2.24) is 10.6 Å². The predicted molar refractivity (Wildman–Crippen MR) is 139 cm³/mol. The monoisotopic (exact) mass is 475 g/mol. The van der Waals surface area contributed by atoms with E-state index in [-0.39, 0.29) is 5.96 Å². The first-order valence-electron chi connectivity index (χ1n) is 11.7. The molecule has 1 aliphatic rings. The number of guanidine groups is 1. The number of nitrogens with zero attached hydrogens (tertiary/aromatic N) is 1. The van der Waals surface area contributed by atoms with Crippen molar-refractivity contribution < 1.29 is 14.3 Å². The van der Waals surface area contributed by atoms with Gasteiger partial charge in [0.1, 0.15) is 11.5 Å². The topological polar surface area (TPSA) is 119 Å². The Labute approximate surface area is 206 Å². The fourth-order valence-electron chi connectivity index (χ4n) is 4.63. The average Bonchev–Trinajstić information content (AvgIpc) is 3.35. The third kappa shape index (κ3) is 5.75. The molecule has 0 unspecified atom stereocenters. The number of carbonyl (C=O) groups excluding carboxylic acids is 1. The molecule has 35 heavy (non-hydrogen) atoms. The number of carbonyl (C=O) groups is 1. The Morgan fingerprint density at radius 1 is 1.09 bits per heavy atom. The van der Waals surface area contributed by atoms with Crippen LogP contribution < -0.4 is 25.4 Å². The lowest BCUT2D eigenvalue weighted by Crippen LogP contribution is -2.38. The number of ether oxygens (including phenoxy) is 2. The Bertz CT molecular complexity index is 1170. The Morgan fingerprint density at radius 3 is 2.29 bits per heavy atom. The van der Waals surface area contributed by atoms with Gasteiger partial charge in [-0.05, 0) is 57.4 Å². The molecule has 1 aliphatic carbocycles. The Balaban J connectivity index is 1.99. The van der Waals surface area contributed by atoms with Crippen molar-refractivity contribution in [1.29, 1.82) is 10.7 Å². The van der Waals surface area contributed by atoms with E-state index in [0.717, 1.165) is 33.5 Å². The largest absolute Gasteiger partial charge is 0.496 e. The first-order chi connectivity index (χ1) is 16.8. The summed E-state index contributed by atoms with van der Waals surface area (Å²) in [4.78, 5) is 12.5. The van der Waals surface area contributed by atoms with Crippen LogP contribution in [0.15, 0.2) is 29.8 Å². The zero-order chi connectivity index (χ0) is 25.5. The molecule has 4 N–H and O–H groups in total. The molecule has 0 bridgehead atoms. The minimum Gasteiger partial charge on any atom is -0.496 e. The van der Waals surface area contributed by atoms with Crippen LogP contribution in [-0.2, 0) is 4.79 Å². The van der Waals surface area contributed by atoms with E-state index in [1.807, 2.05) is 13.8 Å². The minimum absolute atomic E-state index is 0.354. The van der Waals surface area contributed by atoms with E-state index in [1.165, 1.54) is 25.7 Å². The molecule has 1 amide bonds. The van der Waals surface area contributed by atoms with Crippen molar-refractivity contribution in [3.63, 3.8) is 0 Å². The van der Waals surface area contributed by atoms with Crippen LogP contribution in [0.1, 0.15) is 49.3 Å². The number of rotatable bonds is 7. The van der Waals surface area contributed by atoms with Gasteiger partial charge in [-0.2, -0.15) is 5.26 Å². The molecule has 0 radical (unpaired) electrons. The van der Waals surface area contributed by atoms with Gasteiger partial charge in [0.25, 0.3) is 5.91 Å². The summed E-state index contributed by atoms with van der Waals surface area (Å²) in [5.41, 5.74) is 5.86. The minimum atomic E-state index is -0.495. The van der Waals surface area contributed by atoms with Crippen molar-refractivity contribution in [3.8, 4) is 28.8 Å². The second-order valence-electron chi connectivity index (χ2n) is 8.70. The number of anilines is 1. The standard InChI is InChI=1S/C27H33N5O3/c1-16(26(33)32-27(29)30-15-28)14-22-17(2)25(35-5)23(18(3)24(22)34-4)19-10-12-21(13-11-19)31-20-8-6-7-9-20/h10-14,20,31H,6-9H2,1-5H3,(H3,29,30,32,33)/b16-14+. The smallest absolute Gasteiger partial charge is 0.253 e. The number of hydrogen-bond donors (Lipinski definition) is 4. The summed E-state index contributed by atoms with van der Waals surface area (Å²) < 4.78 is 11.6. The van der Waals surface area contributed by atoms with E-state index in [9.17, 15) is 4.79 Å². The Morgan fingerprint density at radius 2 is 1.71 bits per heavy atom. The molecule has 3 rings (SSSR count). The zero-order valence-corrected chi connectivity index (χ0v) is 21.0.